The highest BCUT2D eigenvalue weighted by atomic mass is 16.7. The van der Waals surface area contributed by atoms with E-state index in [1.807, 2.05) is 42.5 Å². The van der Waals surface area contributed by atoms with Crippen LogP contribution in [0.5, 0.6) is 17.2 Å². The van der Waals surface area contributed by atoms with Crippen molar-refractivity contribution < 1.29 is 24.4 Å². The van der Waals surface area contributed by atoms with Crippen LogP contribution in [0.4, 0.5) is 0 Å². The highest BCUT2D eigenvalue weighted by molar-refractivity contribution is 5.44. The molecule has 0 saturated carbocycles. The van der Waals surface area contributed by atoms with Gasteiger partial charge in [-0.1, -0.05) is 17.9 Å². The van der Waals surface area contributed by atoms with Crippen LogP contribution < -0.4 is 14.2 Å². The lowest BCUT2D eigenvalue weighted by Crippen LogP contribution is -2.24. The van der Waals surface area contributed by atoms with Crippen LogP contribution in [0.15, 0.2) is 42.5 Å². The molecular formula is C20H20O5. The van der Waals surface area contributed by atoms with Crippen molar-refractivity contribution in [2.75, 3.05) is 20.5 Å². The van der Waals surface area contributed by atoms with Crippen molar-refractivity contribution in [1.29, 1.82) is 0 Å². The molecule has 1 heterocycles. The van der Waals surface area contributed by atoms with E-state index in [9.17, 15) is 10.2 Å². The van der Waals surface area contributed by atoms with Crippen molar-refractivity contribution in [3.8, 4) is 29.1 Å². The number of aliphatic hydroxyl groups excluding tert-OH is 2. The van der Waals surface area contributed by atoms with Gasteiger partial charge >= 0.3 is 0 Å². The maximum absolute atomic E-state index is 10.3. The molecule has 0 bridgehead atoms. The fourth-order valence-corrected chi connectivity index (χ4v) is 2.60. The van der Waals surface area contributed by atoms with E-state index in [1.54, 1.807) is 7.11 Å². The lowest BCUT2D eigenvalue weighted by molar-refractivity contribution is 0.107. The van der Waals surface area contributed by atoms with Crippen LogP contribution in [0, 0.1) is 17.8 Å². The van der Waals surface area contributed by atoms with Crippen LogP contribution in [0.2, 0.25) is 0 Å². The molecule has 0 aromatic heterocycles. The van der Waals surface area contributed by atoms with Crippen molar-refractivity contribution in [3.05, 3.63) is 53.6 Å². The maximum atomic E-state index is 10.3. The summed E-state index contributed by atoms with van der Waals surface area (Å²) in [7, 11) is 1.60. The molecule has 1 aliphatic heterocycles. The summed E-state index contributed by atoms with van der Waals surface area (Å²) in [6, 6.07) is 12.9. The molecule has 1 aliphatic rings. The van der Waals surface area contributed by atoms with Crippen LogP contribution in [-0.4, -0.2) is 36.8 Å². The van der Waals surface area contributed by atoms with Crippen LogP contribution >= 0.6 is 0 Å². The normalized spacial score (nSPS) is 14.4. The second-order valence-electron chi connectivity index (χ2n) is 5.78. The number of hydrogen-bond donors (Lipinski definition) is 2. The summed E-state index contributed by atoms with van der Waals surface area (Å²) < 4.78 is 15.7. The first kappa shape index (κ1) is 17.2. The van der Waals surface area contributed by atoms with Crippen LogP contribution in [0.25, 0.3) is 0 Å². The second-order valence-corrected chi connectivity index (χ2v) is 5.78. The molecule has 2 atom stereocenters. The molecule has 130 valence electrons. The summed E-state index contributed by atoms with van der Waals surface area (Å²) in [5.74, 6) is 7.50. The van der Waals surface area contributed by atoms with Crippen LogP contribution in [0.3, 0.4) is 0 Å². The van der Waals surface area contributed by atoms with Gasteiger partial charge in [0.05, 0.1) is 7.11 Å². The van der Waals surface area contributed by atoms with E-state index in [-0.39, 0.29) is 19.3 Å². The first-order valence-corrected chi connectivity index (χ1v) is 8.02. The van der Waals surface area contributed by atoms with E-state index in [0.29, 0.717) is 17.9 Å². The number of ether oxygens (including phenoxy) is 3. The Morgan fingerprint density at radius 2 is 1.88 bits per heavy atom. The number of aliphatic hydroxyl groups is 2. The first-order valence-electron chi connectivity index (χ1n) is 8.02. The summed E-state index contributed by atoms with van der Waals surface area (Å²) in [6.07, 6.45) is -0.441. The molecule has 2 aromatic carbocycles. The van der Waals surface area contributed by atoms with Crippen molar-refractivity contribution in [3.63, 3.8) is 0 Å². The van der Waals surface area contributed by atoms with E-state index in [1.165, 1.54) is 0 Å². The molecule has 0 fully saturated rings. The maximum Gasteiger partial charge on any atom is 0.231 e. The Kier molecular flexibility index (Phi) is 5.44. The van der Waals surface area contributed by atoms with E-state index in [2.05, 4.69) is 11.8 Å². The molecular weight excluding hydrogens is 320 g/mol. The predicted octanol–water partition coefficient (Wildman–Crippen LogP) is 1.99. The lowest BCUT2D eigenvalue weighted by Gasteiger charge is -2.16. The molecule has 2 aromatic rings. The standard InChI is InChI=1S/C20H20O5/c1-23-17-6-2-14(3-7-17)4-8-18(22)16(12-21)10-15-5-9-19-20(11-15)25-13-24-19/h2-3,5-7,9,11,16,18,21-22H,10,12-13H2,1H3/t16-,18-/m1/s1. The highest BCUT2D eigenvalue weighted by Gasteiger charge is 2.19. The third-order valence-corrected chi connectivity index (χ3v) is 4.07. The van der Waals surface area contributed by atoms with Gasteiger partial charge in [0.15, 0.2) is 11.5 Å². The van der Waals surface area contributed by atoms with E-state index < -0.39 is 6.10 Å². The fraction of sp³-hybridized carbons (Fsp3) is 0.300. The topological polar surface area (TPSA) is 68.2 Å². The minimum absolute atomic E-state index is 0.160. The van der Waals surface area contributed by atoms with Gasteiger partial charge < -0.3 is 24.4 Å². The largest absolute Gasteiger partial charge is 0.497 e. The third-order valence-electron chi connectivity index (χ3n) is 4.07. The number of fused-ring (bicyclic) bond motifs is 1. The minimum atomic E-state index is -0.933. The molecule has 0 spiro atoms. The number of rotatable bonds is 5. The Hall–Kier alpha value is -2.68. The van der Waals surface area contributed by atoms with Gasteiger partial charge in [0, 0.05) is 18.1 Å². The Bertz CT molecular complexity index is 773. The summed E-state index contributed by atoms with van der Waals surface area (Å²) >= 11 is 0. The summed E-state index contributed by atoms with van der Waals surface area (Å²) in [5.41, 5.74) is 1.73. The molecule has 25 heavy (non-hydrogen) atoms. The van der Waals surface area contributed by atoms with Crippen molar-refractivity contribution in [2.24, 2.45) is 5.92 Å². The van der Waals surface area contributed by atoms with Gasteiger partial charge in [-0.2, -0.15) is 0 Å². The molecule has 5 heteroatoms. The van der Waals surface area contributed by atoms with Crippen molar-refractivity contribution >= 4 is 0 Å². The van der Waals surface area contributed by atoms with Gasteiger partial charge in [0.25, 0.3) is 0 Å². The third kappa shape index (κ3) is 4.24. The smallest absolute Gasteiger partial charge is 0.231 e. The Balaban J connectivity index is 1.67. The Morgan fingerprint density at radius 3 is 2.60 bits per heavy atom. The average Bonchev–Trinajstić information content (AvgIpc) is 3.12. The van der Waals surface area contributed by atoms with Gasteiger partial charge in [0.2, 0.25) is 6.79 Å². The van der Waals surface area contributed by atoms with Gasteiger partial charge in [-0.05, 0) is 48.4 Å². The molecule has 0 amide bonds. The molecule has 0 saturated heterocycles. The fourth-order valence-electron chi connectivity index (χ4n) is 2.60. The quantitative estimate of drug-likeness (QED) is 0.815. The monoisotopic (exact) mass is 340 g/mol. The van der Waals surface area contributed by atoms with Gasteiger partial charge in [-0.15, -0.1) is 0 Å². The number of benzene rings is 2. The highest BCUT2D eigenvalue weighted by Crippen LogP contribution is 2.33. The van der Waals surface area contributed by atoms with Crippen LogP contribution in [0.1, 0.15) is 11.1 Å². The first-order chi connectivity index (χ1) is 12.2. The predicted molar refractivity (Wildman–Crippen MR) is 92.7 cm³/mol. The zero-order valence-electron chi connectivity index (χ0n) is 13.9. The van der Waals surface area contributed by atoms with Gasteiger partial charge in [0.1, 0.15) is 11.9 Å². The molecule has 0 unspecified atom stereocenters. The minimum Gasteiger partial charge on any atom is -0.497 e. The van der Waals surface area contributed by atoms with Crippen molar-refractivity contribution in [1.82, 2.24) is 0 Å². The van der Waals surface area contributed by atoms with Crippen molar-refractivity contribution in [2.45, 2.75) is 12.5 Å². The molecule has 0 aliphatic carbocycles. The Labute approximate surface area is 146 Å². The lowest BCUT2D eigenvalue weighted by atomic mass is 9.94. The zero-order valence-corrected chi connectivity index (χ0v) is 13.9. The van der Waals surface area contributed by atoms with Gasteiger partial charge in [-0.3, -0.25) is 0 Å². The number of methoxy groups -OCH3 is 1. The summed E-state index contributed by atoms with van der Waals surface area (Å²) in [5, 5.41) is 19.9. The van der Waals surface area contributed by atoms with Gasteiger partial charge in [-0.25, -0.2) is 0 Å². The number of hydrogen-bond acceptors (Lipinski definition) is 5. The van der Waals surface area contributed by atoms with E-state index in [4.69, 9.17) is 14.2 Å². The average molecular weight is 340 g/mol. The molecule has 2 N–H and O–H groups in total. The molecule has 0 radical (unpaired) electrons. The summed E-state index contributed by atoms with van der Waals surface area (Å²) in [6.45, 7) is 0.0606. The SMILES string of the molecule is COc1ccc(C#C[C@@H](O)[C@@H](CO)Cc2ccc3c(c2)OCO3)cc1. The Morgan fingerprint density at radius 1 is 1.12 bits per heavy atom. The summed E-state index contributed by atoms with van der Waals surface area (Å²) in [4.78, 5) is 0. The molecule has 3 rings (SSSR count). The van der Waals surface area contributed by atoms with Crippen LogP contribution in [-0.2, 0) is 6.42 Å². The van der Waals surface area contributed by atoms with E-state index in [0.717, 1.165) is 16.9 Å². The second kappa shape index (κ2) is 7.93. The zero-order chi connectivity index (χ0) is 17.6. The molecule has 5 nitrogen and oxygen atoms in total. The van der Waals surface area contributed by atoms with E-state index >= 15 is 0 Å².